The third-order valence-electron chi connectivity index (χ3n) is 7.62. The normalized spacial score (nSPS) is 15.8. The van der Waals surface area contributed by atoms with Gasteiger partial charge in [0.05, 0.1) is 9.79 Å². The minimum Gasteiger partial charge on any atom is -0.206 e. The maximum Gasteiger partial charge on any atom is 0.257 e. The predicted molar refractivity (Wildman–Crippen MR) is 160 cm³/mol. The number of fused-ring (bicyclic) bond motifs is 7. The molecule has 0 unspecified atom stereocenters. The van der Waals surface area contributed by atoms with E-state index in [0.29, 0.717) is 47.9 Å². The van der Waals surface area contributed by atoms with Crippen LogP contribution in [0, 0.1) is 0 Å². The lowest BCUT2D eigenvalue weighted by molar-refractivity contribution is 0.528. The molecule has 6 aromatic carbocycles. The molecule has 6 aromatic rings. The molecule has 0 aromatic heterocycles. The first-order valence-corrected chi connectivity index (χ1v) is 15.6. The first-order valence-electron chi connectivity index (χ1n) is 12.8. The molecule has 7 rings (SSSR count). The molecule has 0 N–H and O–H groups in total. The van der Waals surface area contributed by atoms with Crippen molar-refractivity contribution in [1.82, 2.24) is 3.71 Å². The first-order chi connectivity index (χ1) is 19.3. The van der Waals surface area contributed by atoms with Gasteiger partial charge in [0, 0.05) is 29.3 Å². The zero-order valence-electron chi connectivity index (χ0n) is 21.4. The van der Waals surface area contributed by atoms with Crippen molar-refractivity contribution < 1.29 is 16.8 Å². The molecule has 196 valence electrons. The number of nitrogens with zero attached hydrogens (tertiary/aromatic N) is 1. The molecule has 0 saturated carbocycles. The molecular formula is C33H23NO4S2. The summed E-state index contributed by atoms with van der Waals surface area (Å²) in [6, 6.07) is 37.3. The Balaban J connectivity index is 1.83. The highest BCUT2D eigenvalue weighted by Gasteiger charge is 2.44. The van der Waals surface area contributed by atoms with Crippen LogP contribution in [0.4, 0.5) is 0 Å². The van der Waals surface area contributed by atoms with Crippen LogP contribution in [0.25, 0.3) is 54.9 Å². The van der Waals surface area contributed by atoms with Gasteiger partial charge in [0.2, 0.25) is 0 Å². The molecule has 0 bridgehead atoms. The second-order valence-electron chi connectivity index (χ2n) is 9.82. The quantitative estimate of drug-likeness (QED) is 0.222. The smallest absolute Gasteiger partial charge is 0.206 e. The predicted octanol–water partition coefficient (Wildman–Crippen LogP) is 7.32. The van der Waals surface area contributed by atoms with Gasteiger partial charge in [-0.1, -0.05) is 113 Å². The highest BCUT2D eigenvalue weighted by molar-refractivity contribution is 8.04. The van der Waals surface area contributed by atoms with Crippen molar-refractivity contribution in [1.29, 1.82) is 0 Å². The molecular weight excluding hydrogens is 539 g/mol. The highest BCUT2D eigenvalue weighted by Crippen LogP contribution is 2.52. The van der Waals surface area contributed by atoms with Gasteiger partial charge in [-0.25, -0.2) is 16.8 Å². The van der Waals surface area contributed by atoms with E-state index < -0.39 is 20.0 Å². The maximum absolute atomic E-state index is 14.5. The molecule has 40 heavy (non-hydrogen) atoms. The van der Waals surface area contributed by atoms with Crippen LogP contribution in [0.1, 0.15) is 0 Å². The number of hydrogen-bond donors (Lipinski definition) is 0. The summed E-state index contributed by atoms with van der Waals surface area (Å²) in [5.41, 5.74) is 3.08. The van der Waals surface area contributed by atoms with Crippen LogP contribution in [0.3, 0.4) is 0 Å². The van der Waals surface area contributed by atoms with E-state index in [9.17, 15) is 16.8 Å². The van der Waals surface area contributed by atoms with E-state index in [1.165, 1.54) is 0 Å². The van der Waals surface area contributed by atoms with Gasteiger partial charge in [-0.15, -0.1) is 0 Å². The van der Waals surface area contributed by atoms with E-state index in [1.807, 2.05) is 121 Å². The highest BCUT2D eigenvalue weighted by atomic mass is 32.3. The van der Waals surface area contributed by atoms with Gasteiger partial charge in [-0.3, -0.25) is 0 Å². The molecule has 7 heteroatoms. The molecule has 1 aliphatic rings. The Kier molecular flexibility index (Phi) is 5.47. The SMILES string of the molecule is CN1S(=O)(=O)c2c(-c3ccccc3)cc3ccccc3c2-c2c(c(-c3ccccc3)cc3ccccc23)S1(=O)=O. The van der Waals surface area contributed by atoms with E-state index >= 15 is 0 Å². The molecule has 0 spiro atoms. The van der Waals surface area contributed by atoms with E-state index in [-0.39, 0.29) is 9.79 Å². The first kappa shape index (κ1) is 24.7. The average Bonchev–Trinajstić information content (AvgIpc) is 3.04. The lowest BCUT2D eigenvalue weighted by atomic mass is 9.88. The summed E-state index contributed by atoms with van der Waals surface area (Å²) >= 11 is 0. The second kappa shape index (κ2) is 8.86. The lowest BCUT2D eigenvalue weighted by Crippen LogP contribution is -2.32. The number of hydrogen-bond acceptors (Lipinski definition) is 4. The van der Waals surface area contributed by atoms with Gasteiger partial charge in [0.15, 0.2) is 0 Å². The van der Waals surface area contributed by atoms with Crippen LogP contribution >= 0.6 is 0 Å². The Labute approximate surface area is 233 Å². The van der Waals surface area contributed by atoms with E-state index in [4.69, 9.17) is 0 Å². The van der Waals surface area contributed by atoms with E-state index in [2.05, 4.69) is 0 Å². The summed E-state index contributed by atoms with van der Waals surface area (Å²) in [5, 5.41) is 2.97. The van der Waals surface area contributed by atoms with Crippen molar-refractivity contribution in [2.75, 3.05) is 7.05 Å². The molecule has 0 atom stereocenters. The van der Waals surface area contributed by atoms with Crippen LogP contribution in [0.2, 0.25) is 0 Å². The summed E-state index contributed by atoms with van der Waals surface area (Å²) in [5.74, 6) is 0. The topological polar surface area (TPSA) is 71.5 Å². The van der Waals surface area contributed by atoms with Crippen molar-refractivity contribution >= 4 is 41.6 Å². The zero-order chi connectivity index (χ0) is 27.6. The standard InChI is InChI=1S/C33H23NO4S2/c1-34-39(35,36)32-28(22-12-4-2-5-13-22)20-24-16-8-10-18-26(24)30(32)31-27-19-11-9-17-25(27)21-29(33(31)40(34,37)38)23-14-6-3-7-15-23/h2-21H,1H3. The van der Waals surface area contributed by atoms with Crippen LogP contribution in [0.5, 0.6) is 0 Å². The fourth-order valence-electron chi connectivity index (χ4n) is 5.74. The minimum absolute atomic E-state index is 0.0161. The third kappa shape index (κ3) is 3.48. The summed E-state index contributed by atoms with van der Waals surface area (Å²) in [7, 11) is -7.91. The van der Waals surface area contributed by atoms with Crippen LogP contribution in [-0.2, 0) is 20.0 Å². The van der Waals surface area contributed by atoms with Crippen molar-refractivity contribution in [2.24, 2.45) is 0 Å². The van der Waals surface area contributed by atoms with Gasteiger partial charge in [0.1, 0.15) is 0 Å². The molecule has 0 radical (unpaired) electrons. The fraction of sp³-hybridized carbons (Fsp3) is 0.0303. The molecule has 0 aliphatic carbocycles. The Bertz CT molecular complexity index is 2030. The second-order valence-corrected chi connectivity index (χ2v) is 13.9. The van der Waals surface area contributed by atoms with Crippen molar-refractivity contribution in [3.63, 3.8) is 0 Å². The number of rotatable bonds is 2. The Morgan fingerprint density at radius 1 is 0.475 bits per heavy atom. The molecule has 5 nitrogen and oxygen atoms in total. The van der Waals surface area contributed by atoms with Gasteiger partial charge in [0.25, 0.3) is 20.0 Å². The van der Waals surface area contributed by atoms with Crippen molar-refractivity contribution in [2.45, 2.75) is 9.79 Å². The Morgan fingerprint density at radius 3 is 1.23 bits per heavy atom. The summed E-state index contributed by atoms with van der Waals surface area (Å²) in [4.78, 5) is -0.0322. The van der Waals surface area contributed by atoms with Gasteiger partial charge in [-0.2, -0.15) is 0 Å². The van der Waals surface area contributed by atoms with Gasteiger partial charge in [-0.05, 0) is 44.8 Å². The third-order valence-corrected chi connectivity index (χ3v) is 12.0. The molecule has 1 aliphatic heterocycles. The fourth-order valence-corrected chi connectivity index (χ4v) is 9.58. The van der Waals surface area contributed by atoms with Crippen LogP contribution in [0.15, 0.2) is 131 Å². The number of sulfonamides is 2. The average molecular weight is 562 g/mol. The van der Waals surface area contributed by atoms with Crippen molar-refractivity contribution in [3.8, 4) is 33.4 Å². The van der Waals surface area contributed by atoms with Crippen LogP contribution < -0.4 is 0 Å². The molecule has 1 heterocycles. The van der Waals surface area contributed by atoms with Gasteiger partial charge >= 0.3 is 0 Å². The minimum atomic E-state index is -4.53. The van der Waals surface area contributed by atoms with E-state index in [0.717, 1.165) is 17.8 Å². The molecule has 0 saturated heterocycles. The Morgan fingerprint density at radius 2 is 0.825 bits per heavy atom. The number of benzene rings is 6. The monoisotopic (exact) mass is 561 g/mol. The summed E-state index contributed by atoms with van der Waals surface area (Å²) in [6.07, 6.45) is 0. The Hall–Kier alpha value is -4.30. The van der Waals surface area contributed by atoms with Crippen LogP contribution in [-0.4, -0.2) is 27.6 Å². The summed E-state index contributed by atoms with van der Waals surface area (Å²) < 4.78 is 58.5. The zero-order valence-corrected chi connectivity index (χ0v) is 23.1. The molecule has 0 amide bonds. The molecule has 0 fully saturated rings. The largest absolute Gasteiger partial charge is 0.257 e. The summed E-state index contributed by atoms with van der Waals surface area (Å²) in [6.45, 7) is 0. The maximum atomic E-state index is 14.5. The van der Waals surface area contributed by atoms with Gasteiger partial charge < -0.3 is 0 Å². The van der Waals surface area contributed by atoms with E-state index in [1.54, 1.807) is 0 Å². The lowest BCUT2D eigenvalue weighted by Gasteiger charge is -2.19. The van der Waals surface area contributed by atoms with Crippen molar-refractivity contribution in [3.05, 3.63) is 121 Å².